The summed E-state index contributed by atoms with van der Waals surface area (Å²) in [5.41, 5.74) is 7.41. The van der Waals surface area contributed by atoms with Crippen molar-refractivity contribution in [3.05, 3.63) is 76.7 Å². The number of hydrogen-bond donors (Lipinski definition) is 0. The van der Waals surface area contributed by atoms with E-state index in [1.54, 1.807) is 0 Å². The third-order valence-corrected chi connectivity index (χ3v) is 5.89. The van der Waals surface area contributed by atoms with E-state index in [1.807, 2.05) is 0 Å². The molecule has 2 unspecified atom stereocenters. The Labute approximate surface area is 203 Å². The van der Waals surface area contributed by atoms with E-state index in [0.29, 0.717) is 0 Å². The standard InChI is InChI=1S/C27H40N2.CH3.Cu/c1-18-13-11-14-19(2)24(18)28-22(26(5,6)7)17-23(27(8,9)10)29-25-20(3)15-12-16-21(25)4;;/h11-16,22-23H,17H2,1-10H3;1H3;/q-2;-1;. The molecule has 2 nitrogen and oxygen atoms in total. The SMILES string of the molecule is Cc1cccc(C)c1[N-]C(CC([N-]c1c(C)cccc1C)C(C)(C)C)C(C)(C)C.[CH3-].[Cu]. The zero-order valence-corrected chi connectivity index (χ0v) is 22.5. The molecule has 0 N–H and O–H groups in total. The van der Waals surface area contributed by atoms with Gasteiger partial charge in [0.15, 0.2) is 0 Å². The van der Waals surface area contributed by atoms with Gasteiger partial charge in [-0.25, -0.2) is 0 Å². The molecule has 179 valence electrons. The van der Waals surface area contributed by atoms with Crippen molar-refractivity contribution in [3.63, 3.8) is 0 Å². The van der Waals surface area contributed by atoms with Crippen molar-refractivity contribution >= 4 is 11.4 Å². The van der Waals surface area contributed by atoms with Gasteiger partial charge in [-0.3, -0.25) is 0 Å². The first kappa shape index (κ1) is 29.6. The van der Waals surface area contributed by atoms with Gasteiger partial charge in [0.25, 0.3) is 0 Å². The van der Waals surface area contributed by atoms with Crippen LogP contribution in [0.4, 0.5) is 11.4 Å². The van der Waals surface area contributed by atoms with Gasteiger partial charge in [0, 0.05) is 17.1 Å². The number of hydrogen-bond acceptors (Lipinski definition) is 0. The quantitative estimate of drug-likeness (QED) is 0.297. The summed E-state index contributed by atoms with van der Waals surface area (Å²) in [5.74, 6) is 0. The van der Waals surface area contributed by atoms with Crippen LogP contribution in [0.2, 0.25) is 0 Å². The van der Waals surface area contributed by atoms with Gasteiger partial charge in [0.2, 0.25) is 0 Å². The molecule has 0 aromatic heterocycles. The molecule has 0 aliphatic rings. The maximum Gasteiger partial charge on any atom is 0 e. The molecule has 2 aromatic carbocycles. The number of nitrogens with zero attached hydrogens (tertiary/aromatic N) is 2. The molecule has 2 rings (SSSR count). The Bertz CT molecular complexity index is 718. The van der Waals surface area contributed by atoms with Crippen molar-refractivity contribution in [2.45, 2.75) is 87.7 Å². The molecular weight excluding hydrogens is 428 g/mol. The van der Waals surface area contributed by atoms with Crippen molar-refractivity contribution in [2.24, 2.45) is 10.8 Å². The molecule has 0 heterocycles. The van der Waals surface area contributed by atoms with Crippen LogP contribution < -0.4 is 0 Å². The predicted molar refractivity (Wildman–Crippen MR) is 135 cm³/mol. The van der Waals surface area contributed by atoms with E-state index in [2.05, 4.69) is 106 Å². The summed E-state index contributed by atoms with van der Waals surface area (Å²) in [7, 11) is 0. The molecule has 0 saturated heterocycles. The van der Waals surface area contributed by atoms with E-state index >= 15 is 0 Å². The third-order valence-electron chi connectivity index (χ3n) is 5.89. The second-order valence-corrected chi connectivity index (χ2v) is 10.7. The Morgan fingerprint density at radius 2 is 0.871 bits per heavy atom. The Morgan fingerprint density at radius 3 is 1.10 bits per heavy atom. The molecule has 0 saturated carbocycles. The fourth-order valence-electron chi connectivity index (χ4n) is 3.74. The van der Waals surface area contributed by atoms with E-state index in [0.717, 1.165) is 17.8 Å². The maximum atomic E-state index is 5.31. The topological polar surface area (TPSA) is 28.2 Å². The summed E-state index contributed by atoms with van der Waals surface area (Å²) in [6, 6.07) is 13.3. The summed E-state index contributed by atoms with van der Waals surface area (Å²) in [5, 5.41) is 10.6. The summed E-state index contributed by atoms with van der Waals surface area (Å²) in [4.78, 5) is 0. The van der Waals surface area contributed by atoms with E-state index in [4.69, 9.17) is 10.6 Å². The number of para-hydroxylation sites is 2. The van der Waals surface area contributed by atoms with E-state index in [9.17, 15) is 0 Å². The minimum Gasteiger partial charge on any atom is -0.681 e. The van der Waals surface area contributed by atoms with Gasteiger partial charge in [-0.2, -0.15) is 0 Å². The van der Waals surface area contributed by atoms with E-state index < -0.39 is 0 Å². The molecule has 0 fully saturated rings. The Balaban J connectivity index is 0.00000450. The summed E-state index contributed by atoms with van der Waals surface area (Å²) >= 11 is 0. The molecule has 2 atom stereocenters. The van der Waals surface area contributed by atoms with Crippen LogP contribution in [0.15, 0.2) is 36.4 Å². The average Bonchev–Trinajstić information content (AvgIpc) is 2.56. The number of benzene rings is 2. The van der Waals surface area contributed by atoms with Crippen LogP contribution in [0.3, 0.4) is 0 Å². The van der Waals surface area contributed by atoms with Crippen LogP contribution in [0.25, 0.3) is 10.6 Å². The van der Waals surface area contributed by atoms with Crippen LogP contribution in [0.1, 0.15) is 70.2 Å². The van der Waals surface area contributed by atoms with Gasteiger partial charge in [-0.15, -0.1) is 23.5 Å². The fourth-order valence-corrected chi connectivity index (χ4v) is 3.74. The second kappa shape index (κ2) is 11.4. The Kier molecular flexibility index (Phi) is 10.9. The molecule has 0 aliphatic carbocycles. The van der Waals surface area contributed by atoms with Crippen molar-refractivity contribution in [1.29, 1.82) is 0 Å². The smallest absolute Gasteiger partial charge is 0 e. The molecule has 1 radical (unpaired) electrons. The first-order valence-corrected chi connectivity index (χ1v) is 10.8. The predicted octanol–water partition coefficient (Wildman–Crippen LogP) is 9.30. The molecule has 0 amide bonds. The molecule has 0 bridgehead atoms. The normalized spacial score (nSPS) is 13.5. The summed E-state index contributed by atoms with van der Waals surface area (Å²) in [6.45, 7) is 22.4. The molecule has 0 aliphatic heterocycles. The van der Waals surface area contributed by atoms with Gasteiger partial charge in [0.05, 0.1) is 0 Å². The zero-order chi connectivity index (χ0) is 22.0. The first-order valence-electron chi connectivity index (χ1n) is 10.8. The Hall–Kier alpha value is -1.44. The summed E-state index contributed by atoms with van der Waals surface area (Å²) < 4.78 is 0. The largest absolute Gasteiger partial charge is 0.681 e. The van der Waals surface area contributed by atoms with Gasteiger partial charge in [-0.05, 0) is 27.7 Å². The van der Waals surface area contributed by atoms with Crippen LogP contribution in [-0.2, 0) is 17.1 Å². The van der Waals surface area contributed by atoms with E-state index in [-0.39, 0.29) is 47.4 Å². The van der Waals surface area contributed by atoms with Crippen molar-refractivity contribution in [2.75, 3.05) is 0 Å². The maximum absolute atomic E-state index is 5.31. The van der Waals surface area contributed by atoms with E-state index in [1.165, 1.54) is 22.3 Å². The molecule has 3 heteroatoms. The Morgan fingerprint density at radius 1 is 0.613 bits per heavy atom. The van der Waals surface area contributed by atoms with Gasteiger partial charge < -0.3 is 18.1 Å². The van der Waals surface area contributed by atoms with Crippen LogP contribution in [0, 0.1) is 46.0 Å². The van der Waals surface area contributed by atoms with Crippen molar-refractivity contribution in [3.8, 4) is 0 Å². The minimum absolute atomic E-state index is 0. The molecular formula is C28H43CuN2-3. The van der Waals surface area contributed by atoms with Crippen LogP contribution in [-0.4, -0.2) is 12.1 Å². The van der Waals surface area contributed by atoms with Crippen molar-refractivity contribution in [1.82, 2.24) is 0 Å². The second-order valence-electron chi connectivity index (χ2n) is 10.7. The molecule has 31 heavy (non-hydrogen) atoms. The average molecular weight is 471 g/mol. The van der Waals surface area contributed by atoms with Crippen LogP contribution >= 0.6 is 0 Å². The van der Waals surface area contributed by atoms with Gasteiger partial charge >= 0.3 is 0 Å². The monoisotopic (exact) mass is 470 g/mol. The fraction of sp³-hybridized carbons (Fsp3) is 0.536. The van der Waals surface area contributed by atoms with Gasteiger partial charge in [-0.1, -0.05) is 117 Å². The molecule has 2 aromatic rings. The number of aryl methyl sites for hydroxylation is 4. The first-order chi connectivity index (χ1) is 13.3. The van der Waals surface area contributed by atoms with Crippen molar-refractivity contribution < 1.29 is 17.1 Å². The minimum atomic E-state index is 0. The molecule has 0 spiro atoms. The van der Waals surface area contributed by atoms with Crippen LogP contribution in [0.5, 0.6) is 0 Å². The number of rotatable bonds is 6. The van der Waals surface area contributed by atoms with Gasteiger partial charge in [0.1, 0.15) is 0 Å². The summed E-state index contributed by atoms with van der Waals surface area (Å²) in [6.07, 6.45) is 0.939. The third kappa shape index (κ3) is 7.88. The zero-order valence-electron chi connectivity index (χ0n) is 21.5.